The summed E-state index contributed by atoms with van der Waals surface area (Å²) in [6.07, 6.45) is 6.22. The van der Waals surface area contributed by atoms with Crippen LogP contribution in [0.3, 0.4) is 0 Å². The highest BCUT2D eigenvalue weighted by atomic mass is 15.2. The topological polar surface area (TPSA) is 50.1 Å². The van der Waals surface area contributed by atoms with Gasteiger partial charge in [0, 0.05) is 67.2 Å². The number of nitrogens with zero attached hydrogens (tertiary/aromatic N) is 6. The van der Waals surface area contributed by atoms with E-state index in [1.165, 1.54) is 60.6 Å². The molecule has 0 saturated carbocycles. The van der Waals surface area contributed by atoms with Gasteiger partial charge in [-0.05, 0) is 167 Å². The molecular formula is C84H61BN6. The second kappa shape index (κ2) is 22.8. The van der Waals surface area contributed by atoms with E-state index < -0.39 is 0 Å². The summed E-state index contributed by atoms with van der Waals surface area (Å²) in [5.41, 5.74) is 27.8. The lowest BCUT2D eigenvalue weighted by Gasteiger charge is -2.44. The zero-order valence-corrected chi connectivity index (χ0v) is 50.8. The van der Waals surface area contributed by atoms with Crippen LogP contribution in [0, 0.1) is 13.8 Å². The van der Waals surface area contributed by atoms with Gasteiger partial charge in [-0.25, -0.2) is 15.0 Å². The summed E-state index contributed by atoms with van der Waals surface area (Å²) in [6.45, 7) is 10.6. The summed E-state index contributed by atoms with van der Waals surface area (Å²) < 4.78 is 2.47. The fourth-order valence-corrected chi connectivity index (χ4v) is 13.7. The van der Waals surface area contributed by atoms with E-state index in [1.807, 2.05) is 42.5 Å². The summed E-state index contributed by atoms with van der Waals surface area (Å²) in [6, 6.07) is 103. The van der Waals surface area contributed by atoms with Gasteiger partial charge in [-0.3, -0.25) is 0 Å². The van der Waals surface area contributed by atoms with E-state index in [4.69, 9.17) is 15.0 Å². The van der Waals surface area contributed by atoms with E-state index in [-0.39, 0.29) is 6.71 Å². The number of para-hydroxylation sites is 3. The summed E-state index contributed by atoms with van der Waals surface area (Å²) >= 11 is 0. The van der Waals surface area contributed by atoms with Crippen molar-refractivity contribution >= 4 is 67.9 Å². The number of benzene rings is 12. The summed E-state index contributed by atoms with van der Waals surface area (Å²) in [5.74, 6) is 1.80. The highest BCUT2D eigenvalue weighted by Gasteiger charge is 2.43. The fourth-order valence-electron chi connectivity index (χ4n) is 13.7. The zero-order chi connectivity index (χ0) is 61.1. The van der Waals surface area contributed by atoms with Crippen molar-refractivity contribution in [2.75, 3.05) is 9.80 Å². The van der Waals surface area contributed by atoms with E-state index in [1.54, 1.807) is 0 Å². The van der Waals surface area contributed by atoms with Crippen LogP contribution in [0.5, 0.6) is 0 Å². The molecule has 0 N–H and O–H groups in total. The van der Waals surface area contributed by atoms with Crippen molar-refractivity contribution < 1.29 is 0 Å². The van der Waals surface area contributed by atoms with Crippen molar-refractivity contribution in [2.45, 2.75) is 20.8 Å². The zero-order valence-electron chi connectivity index (χ0n) is 50.8. The first-order chi connectivity index (χ1) is 44.8. The van der Waals surface area contributed by atoms with Crippen LogP contribution in [-0.2, 0) is 0 Å². The lowest BCUT2D eigenvalue weighted by Crippen LogP contribution is -2.55. The van der Waals surface area contributed by atoms with Crippen LogP contribution in [0.1, 0.15) is 18.1 Å². The standard InChI is InChI=1S/C84H61BN6/c1-5-6-32-73-57(4)89(68-28-15-9-16-29-68)79-53-67(54-80-81(79)85(73)74-33-19-20-34-78(74)90(80)69-30-17-10-18-31-69)62-26-21-27-65(49-62)70-52-66(84-87-82(60-22-11-7-12-23-60)86-83(88-84)61-24-13-8-14-25-61)45-48-75(70)91-76-46-43-63(58-39-35-55(2)36-40-58)50-71(76)72-51-64(44-47-77(72)91)59-41-37-56(3)38-42-59/h5-54H,1H2,2-4H3/b32-6-. The van der Waals surface area contributed by atoms with E-state index >= 15 is 0 Å². The molecule has 4 heterocycles. The molecule has 2 aromatic heterocycles. The predicted molar refractivity (Wildman–Crippen MR) is 382 cm³/mol. The highest BCUT2D eigenvalue weighted by Crippen LogP contribution is 2.48. The molecular weight excluding hydrogens is 1100 g/mol. The third kappa shape index (κ3) is 9.75. The molecule has 0 spiro atoms. The van der Waals surface area contributed by atoms with Crippen LogP contribution >= 0.6 is 0 Å². The Hall–Kier alpha value is -11.7. The number of allylic oxidation sites excluding steroid dienone is 5. The summed E-state index contributed by atoms with van der Waals surface area (Å²) in [4.78, 5) is 20.7. The van der Waals surface area contributed by atoms with Crippen molar-refractivity contribution in [3.63, 3.8) is 0 Å². The van der Waals surface area contributed by atoms with E-state index in [9.17, 15) is 0 Å². The second-order valence-corrected chi connectivity index (χ2v) is 23.8. The van der Waals surface area contributed by atoms with Crippen molar-refractivity contribution in [3.05, 3.63) is 332 Å². The molecule has 0 fully saturated rings. The monoisotopic (exact) mass is 1160 g/mol. The minimum atomic E-state index is -0.0459. The van der Waals surface area contributed by atoms with Gasteiger partial charge >= 0.3 is 0 Å². The molecule has 0 unspecified atom stereocenters. The van der Waals surface area contributed by atoms with Crippen LogP contribution < -0.4 is 20.7 Å². The number of fused-ring (bicyclic) bond motifs is 5. The molecule has 6 nitrogen and oxygen atoms in total. The fraction of sp³-hybridized carbons (Fsp3) is 0.0357. The van der Waals surface area contributed by atoms with Gasteiger partial charge in [0.15, 0.2) is 17.5 Å². The largest absolute Gasteiger partial charge is 0.315 e. The lowest BCUT2D eigenvalue weighted by atomic mass is 9.33. The van der Waals surface area contributed by atoms with Gasteiger partial charge in [-0.2, -0.15) is 0 Å². The maximum atomic E-state index is 5.31. The molecule has 0 radical (unpaired) electrons. The number of anilines is 5. The Bertz CT molecular complexity index is 5050. The molecule has 91 heavy (non-hydrogen) atoms. The van der Waals surface area contributed by atoms with Crippen LogP contribution in [0.2, 0.25) is 0 Å². The molecule has 7 heteroatoms. The Morgan fingerprint density at radius 3 is 1.38 bits per heavy atom. The van der Waals surface area contributed by atoms with Crippen LogP contribution in [-0.4, -0.2) is 26.2 Å². The number of rotatable bonds is 12. The first kappa shape index (κ1) is 54.7. The summed E-state index contributed by atoms with van der Waals surface area (Å²) in [5, 5.41) is 2.34. The number of aryl methyl sites for hydroxylation is 2. The third-order valence-corrected chi connectivity index (χ3v) is 18.1. The Balaban J connectivity index is 0.952. The number of hydrogen-bond acceptors (Lipinski definition) is 5. The maximum absolute atomic E-state index is 5.31. The Labute approximate surface area is 531 Å². The minimum absolute atomic E-state index is 0.0459. The van der Waals surface area contributed by atoms with Gasteiger partial charge in [0.2, 0.25) is 0 Å². The van der Waals surface area contributed by atoms with Crippen molar-refractivity contribution in [1.29, 1.82) is 0 Å². The van der Waals surface area contributed by atoms with E-state index in [0.29, 0.717) is 17.5 Å². The average molecular weight is 1170 g/mol. The normalized spacial score (nSPS) is 12.7. The van der Waals surface area contributed by atoms with Crippen molar-refractivity contribution in [2.24, 2.45) is 0 Å². The van der Waals surface area contributed by atoms with Crippen molar-refractivity contribution in [3.8, 4) is 84.4 Å². The molecule has 2 aliphatic heterocycles. The molecule has 16 rings (SSSR count). The Morgan fingerprint density at radius 2 is 0.813 bits per heavy atom. The van der Waals surface area contributed by atoms with Gasteiger partial charge in [0.1, 0.15) is 0 Å². The average Bonchev–Trinajstić information content (AvgIpc) is 1.02. The maximum Gasteiger partial charge on any atom is 0.251 e. The SMILES string of the molecule is C=C/C=C\C1=C(C)N(c2ccccc2)c2cc(-c3cccc(-c4cc(-c5nc(-c6ccccc6)nc(-c6ccccc6)n5)ccc4-n4c5ccc(-c6ccc(C)cc6)cc5c5cc(-c6ccc(C)cc6)ccc54)c3)cc3c2B1c1ccccc1N3c1ccccc1. The molecule has 12 aromatic carbocycles. The van der Waals surface area contributed by atoms with Gasteiger partial charge in [0.25, 0.3) is 6.71 Å². The van der Waals surface area contributed by atoms with E-state index in [2.05, 4.69) is 303 Å². The smallest absolute Gasteiger partial charge is 0.251 e. The molecule has 0 aliphatic carbocycles. The van der Waals surface area contributed by atoms with Crippen LogP contribution in [0.15, 0.2) is 321 Å². The van der Waals surface area contributed by atoms with Crippen molar-refractivity contribution in [1.82, 2.24) is 19.5 Å². The Kier molecular flexibility index (Phi) is 13.7. The van der Waals surface area contributed by atoms with Gasteiger partial charge in [-0.1, -0.05) is 230 Å². The molecule has 0 amide bonds. The van der Waals surface area contributed by atoms with Crippen LogP contribution in [0.4, 0.5) is 28.4 Å². The van der Waals surface area contributed by atoms with Crippen LogP contribution in [0.25, 0.3) is 106 Å². The molecule has 0 bridgehead atoms. The number of aromatic nitrogens is 4. The second-order valence-electron chi connectivity index (χ2n) is 23.8. The molecule has 430 valence electrons. The first-order valence-corrected chi connectivity index (χ1v) is 31.1. The Morgan fingerprint density at radius 1 is 0.352 bits per heavy atom. The van der Waals surface area contributed by atoms with Gasteiger partial charge in [-0.15, -0.1) is 0 Å². The highest BCUT2D eigenvalue weighted by molar-refractivity contribution is 6.95. The third-order valence-electron chi connectivity index (χ3n) is 18.1. The minimum Gasteiger partial charge on any atom is -0.315 e. The molecule has 2 aliphatic rings. The molecule has 14 aromatic rings. The van der Waals surface area contributed by atoms with E-state index in [0.717, 1.165) is 89.8 Å². The molecule has 0 saturated heterocycles. The predicted octanol–water partition coefficient (Wildman–Crippen LogP) is 20.4. The van der Waals surface area contributed by atoms with Gasteiger partial charge < -0.3 is 14.4 Å². The quantitative estimate of drug-likeness (QED) is 0.0901. The van der Waals surface area contributed by atoms with Gasteiger partial charge in [0.05, 0.1) is 16.7 Å². The lowest BCUT2D eigenvalue weighted by molar-refractivity contribution is 1.07. The number of hydrogen-bond donors (Lipinski definition) is 0. The molecule has 0 atom stereocenters. The summed E-state index contributed by atoms with van der Waals surface area (Å²) in [7, 11) is 0. The first-order valence-electron chi connectivity index (χ1n) is 31.1.